The lowest BCUT2D eigenvalue weighted by Crippen LogP contribution is -2.45. The first-order chi connectivity index (χ1) is 22.4. The molecule has 264 valence electrons. The summed E-state index contributed by atoms with van der Waals surface area (Å²) in [4.78, 5) is 69.1. The summed E-state index contributed by atoms with van der Waals surface area (Å²) in [5.41, 5.74) is 6.15. The molecule has 2 fully saturated rings. The maximum absolute atomic E-state index is 12.5. The van der Waals surface area contributed by atoms with Crippen LogP contribution in [-0.2, 0) is 36.3 Å². The van der Waals surface area contributed by atoms with Crippen LogP contribution in [0.2, 0.25) is 0 Å². The predicted molar refractivity (Wildman–Crippen MR) is 148 cm³/mol. The van der Waals surface area contributed by atoms with Crippen molar-refractivity contribution in [2.75, 3.05) is 18.9 Å². The summed E-state index contributed by atoms with van der Waals surface area (Å²) in [6.07, 6.45) is -5.09. The monoisotopic (exact) mass is 738 g/mol. The smallest absolute Gasteiger partial charge is 0.274 e. The van der Waals surface area contributed by atoms with Crippen molar-refractivity contribution in [1.82, 2.24) is 19.5 Å². The molecule has 0 amide bonds. The molecule has 22 nitrogen and oxygen atoms in total. The molecule has 0 spiro atoms. The van der Waals surface area contributed by atoms with Gasteiger partial charge in [-0.3, -0.25) is 23.1 Å². The standard InChI is InChI=1S/C23H31N6O16P3/c1-11(30)12-3-2-4-28(6-12)14-5-13(17(31)18(14)32)7-41-47(37,38)45-48(39,40)42-8-15-20(44-46(34,35)36)19(33)23(43-15)29-10-27-16-21(24)25-9-26-22(16)29/h2-4,6,9-10,13-15,17-20,23,31-33H,5,7-8H2,1H3,(H5-,24,25,26,34,35,36,37,38,39,40)/p-2. The number of anilines is 1. The normalized spacial score (nSPS) is 31.3. The number of rotatable bonds is 13. The molecular formula is C23H29N6O16P3-2. The topological polar surface area (TPSA) is 338 Å². The van der Waals surface area contributed by atoms with E-state index in [1.165, 1.54) is 23.9 Å². The molecule has 11 atom stereocenters. The minimum Gasteiger partial charge on any atom is -0.756 e. The molecule has 0 aromatic carbocycles. The van der Waals surface area contributed by atoms with E-state index in [2.05, 4.69) is 32.8 Å². The zero-order valence-corrected chi connectivity index (χ0v) is 27.2. The number of phosphoric ester groups is 3. The Balaban J connectivity index is 1.22. The molecule has 4 heterocycles. The summed E-state index contributed by atoms with van der Waals surface area (Å²) in [5.74, 6) is -1.33. The molecule has 1 aliphatic heterocycles. The fourth-order valence-corrected chi connectivity index (χ4v) is 8.04. The van der Waals surface area contributed by atoms with Crippen molar-refractivity contribution in [2.45, 2.75) is 56.1 Å². The van der Waals surface area contributed by atoms with Gasteiger partial charge in [0.25, 0.3) is 23.5 Å². The van der Waals surface area contributed by atoms with Crippen LogP contribution in [0.3, 0.4) is 0 Å². The molecule has 0 radical (unpaired) electrons. The Hall–Kier alpha value is -2.62. The van der Waals surface area contributed by atoms with Crippen molar-refractivity contribution in [3.05, 3.63) is 42.7 Å². The van der Waals surface area contributed by atoms with Crippen LogP contribution in [0.4, 0.5) is 5.82 Å². The SMILES string of the molecule is CC(=O)c1ccc[n+](C2CC(COP(=O)([O-])OP(=O)([O-])OCC3OC(n4cnc5c(N)ncnc54)C(O)C3OP(=O)([O-])O)C(O)C2O)c1. The van der Waals surface area contributed by atoms with Crippen molar-refractivity contribution in [1.29, 1.82) is 0 Å². The van der Waals surface area contributed by atoms with E-state index in [1.807, 2.05) is 0 Å². The van der Waals surface area contributed by atoms with E-state index in [-0.39, 0.29) is 29.2 Å². The van der Waals surface area contributed by atoms with Crippen LogP contribution in [0.15, 0.2) is 37.2 Å². The number of ketones is 1. The third-order valence-electron chi connectivity index (χ3n) is 7.65. The predicted octanol–water partition coefficient (Wildman–Crippen LogP) is -3.03. The first-order valence-corrected chi connectivity index (χ1v) is 18.3. The molecule has 1 aliphatic carbocycles. The van der Waals surface area contributed by atoms with Gasteiger partial charge in [0.15, 0.2) is 41.9 Å². The Kier molecular flexibility index (Phi) is 10.7. The molecule has 3 aromatic rings. The van der Waals surface area contributed by atoms with Crippen molar-refractivity contribution in [3.63, 3.8) is 0 Å². The number of nitrogens with zero attached hydrogens (tertiary/aromatic N) is 5. The molecule has 48 heavy (non-hydrogen) atoms. The van der Waals surface area contributed by atoms with Gasteiger partial charge in [0.05, 0.1) is 31.2 Å². The van der Waals surface area contributed by atoms with Crippen LogP contribution < -0.4 is 25.0 Å². The number of hydrogen-bond donors (Lipinski definition) is 5. The Labute approximate surface area is 270 Å². The second kappa shape index (κ2) is 13.9. The van der Waals surface area contributed by atoms with Gasteiger partial charge in [0.1, 0.15) is 36.3 Å². The van der Waals surface area contributed by atoms with Gasteiger partial charge in [-0.1, -0.05) is 0 Å². The number of ether oxygens (including phenoxy) is 1. The zero-order valence-electron chi connectivity index (χ0n) is 24.5. The van der Waals surface area contributed by atoms with Crippen LogP contribution in [0.5, 0.6) is 0 Å². The van der Waals surface area contributed by atoms with Crippen molar-refractivity contribution in [3.8, 4) is 0 Å². The van der Waals surface area contributed by atoms with Crippen LogP contribution in [0, 0.1) is 5.92 Å². The first kappa shape index (κ1) is 36.7. The molecule has 3 aromatic heterocycles. The highest BCUT2D eigenvalue weighted by molar-refractivity contribution is 7.59. The number of aliphatic hydroxyl groups excluding tert-OH is 3. The molecule has 11 unspecified atom stereocenters. The highest BCUT2D eigenvalue weighted by Gasteiger charge is 2.49. The fourth-order valence-electron chi connectivity index (χ4n) is 5.41. The first-order valence-electron chi connectivity index (χ1n) is 13.8. The maximum atomic E-state index is 12.5. The Morgan fingerprint density at radius 1 is 1.08 bits per heavy atom. The average Bonchev–Trinajstić information content (AvgIpc) is 3.64. The summed E-state index contributed by atoms with van der Waals surface area (Å²) in [5, 5.41) is 31.8. The molecule has 0 bridgehead atoms. The molecular weight excluding hydrogens is 709 g/mol. The molecule has 1 saturated heterocycles. The van der Waals surface area contributed by atoms with Gasteiger partial charge in [0.2, 0.25) is 0 Å². The third-order valence-corrected chi connectivity index (χ3v) is 10.7. The van der Waals surface area contributed by atoms with E-state index in [4.69, 9.17) is 10.5 Å². The molecule has 1 saturated carbocycles. The number of aromatic nitrogens is 5. The molecule has 6 N–H and O–H groups in total. The van der Waals surface area contributed by atoms with Crippen molar-refractivity contribution < 1.29 is 80.6 Å². The Morgan fingerprint density at radius 3 is 2.44 bits per heavy atom. The van der Waals surface area contributed by atoms with E-state index in [9.17, 15) is 53.4 Å². The van der Waals surface area contributed by atoms with E-state index in [0.717, 1.165) is 17.2 Å². The summed E-state index contributed by atoms with van der Waals surface area (Å²) < 4.78 is 62.3. The quantitative estimate of drug-likeness (QED) is 0.0661. The van der Waals surface area contributed by atoms with E-state index < -0.39 is 85.4 Å². The van der Waals surface area contributed by atoms with Gasteiger partial charge in [-0.25, -0.2) is 19.3 Å². The highest BCUT2D eigenvalue weighted by atomic mass is 31.3. The number of nitrogen functional groups attached to an aromatic ring is 1. The number of fused-ring (bicyclic) bond motifs is 1. The molecule has 25 heteroatoms. The van der Waals surface area contributed by atoms with Crippen molar-refractivity contribution >= 4 is 46.2 Å². The number of pyridine rings is 1. The Bertz CT molecular complexity index is 1810. The lowest BCUT2D eigenvalue weighted by molar-refractivity contribution is -0.728. The van der Waals surface area contributed by atoms with E-state index >= 15 is 0 Å². The molecule has 5 rings (SSSR count). The lowest BCUT2D eigenvalue weighted by atomic mass is 10.1. The molecule has 2 aliphatic rings. The van der Waals surface area contributed by atoms with E-state index in [0.29, 0.717) is 5.56 Å². The van der Waals surface area contributed by atoms with Crippen LogP contribution in [-0.4, -0.2) is 89.2 Å². The minimum absolute atomic E-state index is 0.0119. The number of nitrogens with two attached hydrogens (primary N) is 1. The summed E-state index contributed by atoms with van der Waals surface area (Å²) in [6, 6.07) is 2.30. The second-order valence-electron chi connectivity index (χ2n) is 10.9. The second-order valence-corrected chi connectivity index (χ2v) is 15.0. The summed E-state index contributed by atoms with van der Waals surface area (Å²) in [7, 11) is -17.1. The van der Waals surface area contributed by atoms with Gasteiger partial charge in [-0.05, 0) is 13.0 Å². The number of aliphatic hydroxyl groups is 3. The summed E-state index contributed by atoms with van der Waals surface area (Å²) >= 11 is 0. The number of phosphoric acid groups is 3. The number of carbonyl (C=O) groups is 1. The Morgan fingerprint density at radius 2 is 1.77 bits per heavy atom. The number of carbonyl (C=O) groups excluding carboxylic acids is 1. The zero-order chi connectivity index (χ0) is 35.2. The highest BCUT2D eigenvalue weighted by Crippen LogP contribution is 2.56. The third kappa shape index (κ3) is 8.22. The number of hydrogen-bond acceptors (Lipinski definition) is 19. The number of Topliss-reactive ketones (excluding diaryl/α,β-unsaturated/α-hetero) is 1. The largest absolute Gasteiger partial charge is 0.756 e. The average molecular weight is 738 g/mol. The lowest BCUT2D eigenvalue weighted by Gasteiger charge is -2.32. The van der Waals surface area contributed by atoms with Gasteiger partial charge in [-0.15, -0.1) is 0 Å². The summed E-state index contributed by atoms with van der Waals surface area (Å²) in [6.45, 7) is -0.683. The van der Waals surface area contributed by atoms with Gasteiger partial charge >= 0.3 is 0 Å². The number of imidazole rings is 1. The van der Waals surface area contributed by atoms with Crippen LogP contribution in [0.25, 0.3) is 11.2 Å². The van der Waals surface area contributed by atoms with E-state index in [1.54, 1.807) is 12.1 Å². The van der Waals surface area contributed by atoms with Crippen LogP contribution >= 0.6 is 23.5 Å². The van der Waals surface area contributed by atoms with Crippen LogP contribution in [0.1, 0.15) is 36.0 Å². The maximum Gasteiger partial charge on any atom is 0.274 e. The minimum atomic E-state index is -5.83. The van der Waals surface area contributed by atoms with Gasteiger partial charge < -0.3 is 58.9 Å². The van der Waals surface area contributed by atoms with Gasteiger partial charge in [-0.2, -0.15) is 4.57 Å². The van der Waals surface area contributed by atoms with Crippen molar-refractivity contribution in [2.24, 2.45) is 5.92 Å². The fraction of sp³-hybridized carbons (Fsp3) is 0.522. The van der Waals surface area contributed by atoms with Gasteiger partial charge in [0, 0.05) is 18.4 Å².